The van der Waals surface area contributed by atoms with Crippen LogP contribution in [0.2, 0.25) is 0 Å². The van der Waals surface area contributed by atoms with Crippen LogP contribution < -0.4 is 10.6 Å². The third-order valence-corrected chi connectivity index (χ3v) is 7.71. The fraction of sp³-hybridized carbons (Fsp3) is 0.600. The van der Waals surface area contributed by atoms with Crippen molar-refractivity contribution in [3.8, 4) is 0 Å². The molecule has 35 heavy (non-hydrogen) atoms. The second-order valence-corrected chi connectivity index (χ2v) is 9.94. The molecule has 1 aromatic rings. The molecule has 0 radical (unpaired) electrons. The Morgan fingerprint density at radius 2 is 2.03 bits per heavy atom. The van der Waals surface area contributed by atoms with Crippen molar-refractivity contribution in [1.82, 2.24) is 15.5 Å². The van der Waals surface area contributed by atoms with Crippen LogP contribution in [-0.2, 0) is 24.8 Å². The summed E-state index contributed by atoms with van der Waals surface area (Å²) in [5.41, 5.74) is -2.73. The van der Waals surface area contributed by atoms with Crippen molar-refractivity contribution in [2.24, 2.45) is 17.8 Å². The molecule has 2 N–H and O–H groups in total. The maximum absolute atomic E-state index is 15.8. The van der Waals surface area contributed by atoms with Crippen LogP contribution in [0.1, 0.15) is 44.6 Å². The van der Waals surface area contributed by atoms with Crippen LogP contribution in [-0.4, -0.2) is 60.3 Å². The highest BCUT2D eigenvalue weighted by molar-refractivity contribution is 5.96. The first-order chi connectivity index (χ1) is 16.6. The van der Waals surface area contributed by atoms with Crippen molar-refractivity contribution in [1.29, 1.82) is 0 Å². The SMILES string of the molecule is C[C@](F)(C(=O)N1C[C@@H]2CCC[C@@H]2[C@@H]1C(=O)N[C@@H](C[C@H]1CCNC1=O)C(=O)CF)c1cccc(F)c1. The minimum atomic E-state index is -2.57. The molecule has 0 aromatic heterocycles. The van der Waals surface area contributed by atoms with E-state index in [9.17, 15) is 28.0 Å². The zero-order valence-corrected chi connectivity index (χ0v) is 19.6. The summed E-state index contributed by atoms with van der Waals surface area (Å²) >= 11 is 0. The highest BCUT2D eigenvalue weighted by Crippen LogP contribution is 2.44. The third kappa shape index (κ3) is 4.92. The number of benzene rings is 1. The Kier molecular flexibility index (Phi) is 7.19. The van der Waals surface area contributed by atoms with Gasteiger partial charge in [0.05, 0.1) is 6.04 Å². The van der Waals surface area contributed by atoms with Crippen LogP contribution in [0, 0.1) is 23.6 Å². The molecule has 4 rings (SSSR count). The van der Waals surface area contributed by atoms with E-state index in [1.165, 1.54) is 17.0 Å². The van der Waals surface area contributed by atoms with Crippen LogP contribution in [0.15, 0.2) is 24.3 Å². The van der Waals surface area contributed by atoms with E-state index in [1.54, 1.807) is 0 Å². The maximum atomic E-state index is 15.8. The van der Waals surface area contributed by atoms with Crippen LogP contribution in [0.4, 0.5) is 13.2 Å². The van der Waals surface area contributed by atoms with Crippen molar-refractivity contribution in [3.05, 3.63) is 35.6 Å². The number of alkyl halides is 2. The Bertz CT molecular complexity index is 1020. The highest BCUT2D eigenvalue weighted by atomic mass is 19.1. The van der Waals surface area contributed by atoms with Gasteiger partial charge in [0.2, 0.25) is 17.5 Å². The van der Waals surface area contributed by atoms with Gasteiger partial charge in [-0.2, -0.15) is 0 Å². The highest BCUT2D eigenvalue weighted by Gasteiger charge is 2.53. The predicted molar refractivity (Wildman–Crippen MR) is 120 cm³/mol. The van der Waals surface area contributed by atoms with Gasteiger partial charge in [-0.15, -0.1) is 0 Å². The first kappa shape index (κ1) is 25.2. The lowest BCUT2D eigenvalue weighted by Crippen LogP contribution is -2.55. The third-order valence-electron chi connectivity index (χ3n) is 7.71. The standard InChI is InChI=1S/C25H30F3N3O4/c1-25(28,16-5-3-6-17(27)11-16)24(35)31-13-15-4-2-7-18(15)21(31)23(34)30-19(20(32)12-26)10-14-8-9-29-22(14)33/h3,5-6,11,14-15,18-19,21H,2,4,7-10,12-13H2,1H3,(H,29,33)(H,30,34)/t14-,15+,18+,19+,21-,25-/m1/s1. The van der Waals surface area contributed by atoms with E-state index in [-0.39, 0.29) is 36.3 Å². The zero-order valence-electron chi connectivity index (χ0n) is 19.6. The minimum Gasteiger partial charge on any atom is -0.356 e. The van der Waals surface area contributed by atoms with E-state index < -0.39 is 53.8 Å². The molecule has 2 aliphatic heterocycles. The Balaban J connectivity index is 1.57. The summed E-state index contributed by atoms with van der Waals surface area (Å²) in [5, 5.41) is 5.22. The number of hydrogen-bond donors (Lipinski definition) is 2. The molecule has 3 aliphatic rings. The van der Waals surface area contributed by atoms with Crippen molar-refractivity contribution in [2.45, 2.75) is 56.8 Å². The van der Waals surface area contributed by atoms with E-state index >= 15 is 4.39 Å². The van der Waals surface area contributed by atoms with Crippen molar-refractivity contribution in [3.63, 3.8) is 0 Å². The number of ketones is 1. The molecule has 10 heteroatoms. The molecule has 7 nitrogen and oxygen atoms in total. The van der Waals surface area contributed by atoms with Gasteiger partial charge in [0, 0.05) is 24.6 Å². The monoisotopic (exact) mass is 493 g/mol. The minimum absolute atomic E-state index is 0.00561. The molecular weight excluding hydrogens is 463 g/mol. The van der Waals surface area contributed by atoms with Gasteiger partial charge in [-0.1, -0.05) is 18.6 Å². The lowest BCUT2D eigenvalue weighted by molar-refractivity contribution is -0.149. The summed E-state index contributed by atoms with van der Waals surface area (Å²) in [5.74, 6) is -4.17. The van der Waals surface area contributed by atoms with Gasteiger partial charge in [0.1, 0.15) is 18.5 Å². The van der Waals surface area contributed by atoms with E-state index in [2.05, 4.69) is 10.6 Å². The second kappa shape index (κ2) is 9.99. The van der Waals surface area contributed by atoms with E-state index in [4.69, 9.17) is 0 Å². The Labute approximate surface area is 201 Å². The van der Waals surface area contributed by atoms with Gasteiger partial charge in [-0.05, 0) is 56.6 Å². The van der Waals surface area contributed by atoms with Gasteiger partial charge in [-0.25, -0.2) is 13.2 Å². The topological polar surface area (TPSA) is 95.6 Å². The number of fused-ring (bicyclic) bond motifs is 1. The Hall–Kier alpha value is -2.91. The number of rotatable bonds is 8. The van der Waals surface area contributed by atoms with Gasteiger partial charge in [0.15, 0.2) is 5.78 Å². The van der Waals surface area contributed by atoms with Gasteiger partial charge in [-0.3, -0.25) is 19.2 Å². The second-order valence-electron chi connectivity index (χ2n) is 9.94. The zero-order chi connectivity index (χ0) is 25.3. The lowest BCUT2D eigenvalue weighted by atomic mass is 9.91. The number of carbonyl (C=O) groups is 4. The first-order valence-corrected chi connectivity index (χ1v) is 12.1. The molecule has 190 valence electrons. The number of likely N-dealkylation sites (tertiary alicyclic amines) is 1. The molecule has 2 heterocycles. The molecule has 1 saturated carbocycles. The summed E-state index contributed by atoms with van der Waals surface area (Å²) < 4.78 is 42.8. The maximum Gasteiger partial charge on any atom is 0.265 e. The molecule has 1 aromatic carbocycles. The summed E-state index contributed by atoms with van der Waals surface area (Å²) in [7, 11) is 0. The average Bonchev–Trinajstić information content (AvgIpc) is 3.53. The molecule has 0 unspecified atom stereocenters. The number of Topliss-reactive ketones (excluding diaryl/α,β-unsaturated/α-hetero) is 1. The van der Waals surface area contributed by atoms with Crippen LogP contribution in [0.3, 0.4) is 0 Å². The lowest BCUT2D eigenvalue weighted by Gasteiger charge is -2.33. The van der Waals surface area contributed by atoms with Crippen LogP contribution in [0.5, 0.6) is 0 Å². The van der Waals surface area contributed by atoms with E-state index in [0.29, 0.717) is 19.4 Å². The summed E-state index contributed by atoms with van der Waals surface area (Å²) in [6.45, 7) is 0.350. The Morgan fingerprint density at radius 1 is 1.26 bits per heavy atom. The number of hydrogen-bond acceptors (Lipinski definition) is 4. The molecule has 1 aliphatic carbocycles. The quantitative estimate of drug-likeness (QED) is 0.581. The normalized spacial score (nSPS) is 28.2. The Morgan fingerprint density at radius 3 is 2.69 bits per heavy atom. The fourth-order valence-electron chi connectivity index (χ4n) is 5.80. The first-order valence-electron chi connectivity index (χ1n) is 12.1. The van der Waals surface area contributed by atoms with Crippen LogP contribution >= 0.6 is 0 Å². The summed E-state index contributed by atoms with van der Waals surface area (Å²) in [6, 6.07) is 2.46. The molecule has 0 spiro atoms. The number of amides is 3. The molecular formula is C25H30F3N3O4. The molecule has 6 atom stereocenters. The fourth-order valence-corrected chi connectivity index (χ4v) is 5.80. The largest absolute Gasteiger partial charge is 0.356 e. The number of halogens is 3. The number of nitrogens with zero attached hydrogens (tertiary/aromatic N) is 1. The molecule has 0 bridgehead atoms. The average molecular weight is 494 g/mol. The van der Waals surface area contributed by atoms with Crippen molar-refractivity contribution < 1.29 is 32.3 Å². The van der Waals surface area contributed by atoms with E-state index in [0.717, 1.165) is 31.9 Å². The van der Waals surface area contributed by atoms with Crippen molar-refractivity contribution in [2.75, 3.05) is 19.8 Å². The number of carbonyl (C=O) groups excluding carboxylic acids is 4. The number of nitrogens with one attached hydrogen (secondary N) is 2. The molecule has 3 fully saturated rings. The van der Waals surface area contributed by atoms with Gasteiger partial charge in [0.25, 0.3) is 5.91 Å². The molecule has 2 saturated heterocycles. The predicted octanol–water partition coefficient (Wildman–Crippen LogP) is 2.19. The summed E-state index contributed by atoms with van der Waals surface area (Å²) in [4.78, 5) is 52.3. The van der Waals surface area contributed by atoms with Crippen LogP contribution in [0.25, 0.3) is 0 Å². The van der Waals surface area contributed by atoms with Gasteiger partial charge < -0.3 is 15.5 Å². The van der Waals surface area contributed by atoms with Crippen molar-refractivity contribution >= 4 is 23.5 Å². The molecule has 3 amide bonds. The smallest absolute Gasteiger partial charge is 0.265 e. The van der Waals surface area contributed by atoms with E-state index in [1.807, 2.05) is 0 Å². The van der Waals surface area contributed by atoms with Gasteiger partial charge >= 0.3 is 0 Å². The summed E-state index contributed by atoms with van der Waals surface area (Å²) in [6.07, 6.45) is 2.71.